The van der Waals surface area contributed by atoms with Crippen LogP contribution in [0, 0.1) is 28.4 Å². The number of furan rings is 1. The van der Waals surface area contributed by atoms with Gasteiger partial charge in [0, 0.05) is 17.2 Å². The molecule has 0 saturated heterocycles. The van der Waals surface area contributed by atoms with E-state index >= 15 is 0 Å². The van der Waals surface area contributed by atoms with E-state index in [9.17, 15) is 14.9 Å². The second-order valence-corrected chi connectivity index (χ2v) is 6.19. The molecule has 0 spiro atoms. The van der Waals surface area contributed by atoms with E-state index in [1.807, 2.05) is 6.07 Å². The predicted octanol–water partition coefficient (Wildman–Crippen LogP) is 3.71. The topological polar surface area (TPSA) is 131 Å². The Bertz CT molecular complexity index is 1140. The molecule has 1 aromatic heterocycles. The Hall–Kier alpha value is -4.45. The molecule has 0 radical (unpaired) electrons. The lowest BCUT2D eigenvalue weighted by Crippen LogP contribution is -2.17. The number of hydrogen-bond donors (Lipinski definition) is 1. The lowest BCUT2D eigenvalue weighted by Gasteiger charge is -2.03. The minimum absolute atomic E-state index is 0.0543. The molecule has 0 unspecified atom stereocenters. The number of carbonyl (C=O) groups is 1. The van der Waals surface area contributed by atoms with Crippen LogP contribution in [0.4, 0.5) is 5.69 Å². The van der Waals surface area contributed by atoms with Crippen LogP contribution in [0.5, 0.6) is 5.75 Å². The molecule has 9 nitrogen and oxygen atoms in total. The van der Waals surface area contributed by atoms with Crippen LogP contribution >= 0.6 is 0 Å². The molecule has 1 amide bonds. The maximum Gasteiger partial charge on any atom is 0.272 e. The number of rotatable bonds is 7. The van der Waals surface area contributed by atoms with Gasteiger partial charge in [0.1, 0.15) is 23.9 Å². The second kappa shape index (κ2) is 9.16. The maximum absolute atomic E-state index is 12.1. The van der Waals surface area contributed by atoms with Crippen molar-refractivity contribution in [3.8, 4) is 11.8 Å². The van der Waals surface area contributed by atoms with Gasteiger partial charge in [0.15, 0.2) is 0 Å². The normalized spacial score (nSPS) is 10.5. The van der Waals surface area contributed by atoms with Crippen LogP contribution in [0.1, 0.15) is 33.0 Å². The van der Waals surface area contributed by atoms with Crippen LogP contribution in [0.25, 0.3) is 0 Å². The number of benzene rings is 2. The molecule has 0 aliphatic carbocycles. The summed E-state index contributed by atoms with van der Waals surface area (Å²) in [6, 6.07) is 16.2. The van der Waals surface area contributed by atoms with E-state index in [-0.39, 0.29) is 17.9 Å². The minimum atomic E-state index is -0.505. The SMILES string of the molecule is Cc1cc(C(=O)N/N=C/c2ccc(COc3ccc(C#N)cc3)o2)ccc1[N+](=O)[O-]. The molecule has 3 rings (SSSR count). The van der Waals surface area contributed by atoms with Gasteiger partial charge in [-0.2, -0.15) is 10.4 Å². The van der Waals surface area contributed by atoms with Gasteiger partial charge in [0.25, 0.3) is 11.6 Å². The van der Waals surface area contributed by atoms with E-state index in [1.54, 1.807) is 43.3 Å². The molecule has 0 saturated carbocycles. The largest absolute Gasteiger partial charge is 0.486 e. The first-order chi connectivity index (χ1) is 14.5. The smallest absolute Gasteiger partial charge is 0.272 e. The molecule has 30 heavy (non-hydrogen) atoms. The molecule has 2 aromatic carbocycles. The number of aryl methyl sites for hydroxylation is 1. The highest BCUT2D eigenvalue weighted by Gasteiger charge is 2.13. The highest BCUT2D eigenvalue weighted by molar-refractivity contribution is 5.95. The number of nitriles is 1. The summed E-state index contributed by atoms with van der Waals surface area (Å²) in [4.78, 5) is 22.4. The van der Waals surface area contributed by atoms with E-state index in [1.165, 1.54) is 24.4 Å². The van der Waals surface area contributed by atoms with E-state index in [4.69, 9.17) is 14.4 Å². The average molecular weight is 404 g/mol. The third-order valence-electron chi connectivity index (χ3n) is 4.06. The zero-order valence-electron chi connectivity index (χ0n) is 15.9. The first-order valence-electron chi connectivity index (χ1n) is 8.76. The van der Waals surface area contributed by atoms with Crippen LogP contribution < -0.4 is 10.2 Å². The Morgan fingerprint density at radius 1 is 1.27 bits per heavy atom. The molecule has 0 bridgehead atoms. The summed E-state index contributed by atoms with van der Waals surface area (Å²) in [7, 11) is 0. The average Bonchev–Trinajstić information content (AvgIpc) is 3.20. The summed E-state index contributed by atoms with van der Waals surface area (Å²) in [5, 5.41) is 23.5. The van der Waals surface area contributed by atoms with Crippen molar-refractivity contribution in [1.29, 1.82) is 5.26 Å². The Morgan fingerprint density at radius 3 is 2.70 bits per heavy atom. The van der Waals surface area contributed by atoms with Crippen LogP contribution in [-0.2, 0) is 6.61 Å². The van der Waals surface area contributed by atoms with Crippen molar-refractivity contribution in [3.63, 3.8) is 0 Å². The van der Waals surface area contributed by atoms with E-state index in [0.29, 0.717) is 28.4 Å². The first kappa shape index (κ1) is 20.3. The van der Waals surface area contributed by atoms with Crippen LogP contribution in [0.3, 0.4) is 0 Å². The molecular formula is C21H16N4O5. The maximum atomic E-state index is 12.1. The summed E-state index contributed by atoms with van der Waals surface area (Å²) in [6.07, 6.45) is 1.33. The van der Waals surface area contributed by atoms with Crippen molar-refractivity contribution in [2.24, 2.45) is 5.10 Å². The first-order valence-corrected chi connectivity index (χ1v) is 8.76. The van der Waals surface area contributed by atoms with Gasteiger partial charge in [-0.1, -0.05) is 0 Å². The second-order valence-electron chi connectivity index (χ2n) is 6.19. The standard InChI is InChI=1S/C21H16N4O5/c1-14-10-16(4-9-20(14)25(27)28)21(26)24-23-12-18-7-8-19(30-18)13-29-17-5-2-15(11-22)3-6-17/h2-10,12H,13H2,1H3,(H,24,26)/b23-12+. The third kappa shape index (κ3) is 5.08. The predicted molar refractivity (Wildman–Crippen MR) is 107 cm³/mol. The van der Waals surface area contributed by atoms with Gasteiger partial charge in [-0.3, -0.25) is 14.9 Å². The van der Waals surface area contributed by atoms with Crippen LogP contribution in [-0.4, -0.2) is 17.0 Å². The zero-order valence-corrected chi connectivity index (χ0v) is 15.9. The van der Waals surface area contributed by atoms with Gasteiger partial charge in [0.2, 0.25) is 0 Å². The van der Waals surface area contributed by atoms with E-state index < -0.39 is 10.8 Å². The Balaban J connectivity index is 1.53. The van der Waals surface area contributed by atoms with Gasteiger partial charge >= 0.3 is 0 Å². The number of nitro benzene ring substituents is 1. The minimum Gasteiger partial charge on any atom is -0.486 e. The number of nitrogens with zero attached hydrogens (tertiary/aromatic N) is 3. The lowest BCUT2D eigenvalue weighted by atomic mass is 10.1. The highest BCUT2D eigenvalue weighted by Crippen LogP contribution is 2.19. The number of carbonyl (C=O) groups excluding carboxylic acids is 1. The number of hydrogen-bond acceptors (Lipinski definition) is 7. The fraction of sp³-hybridized carbons (Fsp3) is 0.0952. The summed E-state index contributed by atoms with van der Waals surface area (Å²) in [6.45, 7) is 1.75. The molecular weight excluding hydrogens is 388 g/mol. The van der Waals surface area contributed by atoms with Gasteiger partial charge in [-0.05, 0) is 55.5 Å². The van der Waals surface area contributed by atoms with Crippen molar-refractivity contribution in [2.45, 2.75) is 13.5 Å². The summed E-state index contributed by atoms with van der Waals surface area (Å²) in [5.74, 6) is 1.07. The number of nitrogens with one attached hydrogen (secondary N) is 1. The monoisotopic (exact) mass is 404 g/mol. The van der Waals surface area contributed by atoms with Crippen molar-refractivity contribution in [3.05, 3.63) is 92.9 Å². The summed E-state index contributed by atoms with van der Waals surface area (Å²) >= 11 is 0. The molecule has 9 heteroatoms. The van der Waals surface area contributed by atoms with Crippen molar-refractivity contribution >= 4 is 17.8 Å². The molecule has 1 heterocycles. The van der Waals surface area contributed by atoms with E-state index in [0.717, 1.165) is 0 Å². The van der Waals surface area contributed by atoms with Gasteiger partial charge in [-0.25, -0.2) is 5.43 Å². The number of hydrazone groups is 1. The summed E-state index contributed by atoms with van der Waals surface area (Å²) in [5.41, 5.74) is 3.48. The van der Waals surface area contributed by atoms with Gasteiger partial charge in [-0.15, -0.1) is 0 Å². The van der Waals surface area contributed by atoms with Crippen LogP contribution in [0.15, 0.2) is 64.1 Å². The quantitative estimate of drug-likeness (QED) is 0.363. The molecule has 0 atom stereocenters. The number of ether oxygens (including phenoxy) is 1. The van der Waals surface area contributed by atoms with Gasteiger partial charge in [0.05, 0.1) is 22.8 Å². The Morgan fingerprint density at radius 2 is 2.03 bits per heavy atom. The molecule has 0 aliphatic heterocycles. The van der Waals surface area contributed by atoms with Crippen molar-refractivity contribution < 1.29 is 18.9 Å². The van der Waals surface area contributed by atoms with Crippen molar-refractivity contribution in [1.82, 2.24) is 5.43 Å². The highest BCUT2D eigenvalue weighted by atomic mass is 16.6. The number of amides is 1. The van der Waals surface area contributed by atoms with E-state index in [2.05, 4.69) is 10.5 Å². The fourth-order valence-corrected chi connectivity index (χ4v) is 2.54. The Labute approximate surface area is 171 Å². The number of nitro groups is 1. The Kier molecular flexibility index (Phi) is 6.20. The zero-order chi connectivity index (χ0) is 21.5. The summed E-state index contributed by atoms with van der Waals surface area (Å²) < 4.78 is 11.1. The van der Waals surface area contributed by atoms with Gasteiger partial charge < -0.3 is 9.15 Å². The third-order valence-corrected chi connectivity index (χ3v) is 4.06. The lowest BCUT2D eigenvalue weighted by molar-refractivity contribution is -0.385. The molecule has 1 N–H and O–H groups in total. The fourth-order valence-electron chi connectivity index (χ4n) is 2.54. The molecule has 0 fully saturated rings. The molecule has 3 aromatic rings. The van der Waals surface area contributed by atoms with Crippen LogP contribution in [0.2, 0.25) is 0 Å². The molecule has 0 aliphatic rings. The van der Waals surface area contributed by atoms with Crippen molar-refractivity contribution in [2.75, 3.05) is 0 Å². The molecule has 150 valence electrons.